The smallest absolute Gasteiger partial charge is 0.126 e. The van der Waals surface area contributed by atoms with Crippen molar-refractivity contribution in [1.29, 1.82) is 0 Å². The molecule has 1 aromatic carbocycles. The number of benzene rings is 1. The van der Waals surface area contributed by atoms with Crippen LogP contribution in [0.4, 0.5) is 4.39 Å². The van der Waals surface area contributed by atoms with E-state index in [0.717, 1.165) is 38.0 Å². The largest absolute Gasteiger partial charge is 0.373 e. The maximum absolute atomic E-state index is 13.9. The molecule has 0 aliphatic carbocycles. The van der Waals surface area contributed by atoms with Crippen LogP contribution < -0.4 is 5.32 Å². The first-order valence-electron chi connectivity index (χ1n) is 7.70. The molecule has 1 fully saturated rings. The van der Waals surface area contributed by atoms with Crippen molar-refractivity contribution in [3.05, 3.63) is 35.1 Å². The Kier molecular flexibility index (Phi) is 5.17. The lowest BCUT2D eigenvalue weighted by Gasteiger charge is -2.41. The van der Waals surface area contributed by atoms with E-state index in [-0.39, 0.29) is 17.5 Å². The van der Waals surface area contributed by atoms with Crippen molar-refractivity contribution in [2.45, 2.75) is 58.1 Å². The molecule has 20 heavy (non-hydrogen) atoms. The highest BCUT2D eigenvalue weighted by atomic mass is 19.1. The molecule has 3 heteroatoms. The van der Waals surface area contributed by atoms with Gasteiger partial charge >= 0.3 is 0 Å². The molecular formula is C17H26FNO. The van der Waals surface area contributed by atoms with Crippen molar-refractivity contribution in [2.75, 3.05) is 13.2 Å². The Bertz CT molecular complexity index is 441. The summed E-state index contributed by atoms with van der Waals surface area (Å²) < 4.78 is 19.9. The van der Waals surface area contributed by atoms with E-state index < -0.39 is 0 Å². The van der Waals surface area contributed by atoms with Gasteiger partial charge in [0.15, 0.2) is 0 Å². The van der Waals surface area contributed by atoms with Gasteiger partial charge in [0, 0.05) is 6.61 Å². The van der Waals surface area contributed by atoms with E-state index in [9.17, 15) is 4.39 Å². The molecular weight excluding hydrogens is 253 g/mol. The van der Waals surface area contributed by atoms with Crippen LogP contribution in [0.15, 0.2) is 18.2 Å². The van der Waals surface area contributed by atoms with E-state index in [1.54, 1.807) is 13.0 Å². The summed E-state index contributed by atoms with van der Waals surface area (Å²) in [4.78, 5) is 0. The molecule has 112 valence electrons. The second-order valence-corrected chi connectivity index (χ2v) is 6.01. The van der Waals surface area contributed by atoms with Crippen molar-refractivity contribution in [3.63, 3.8) is 0 Å². The Morgan fingerprint density at radius 1 is 1.40 bits per heavy atom. The fraction of sp³-hybridized carbons (Fsp3) is 0.647. The molecule has 0 spiro atoms. The molecule has 1 aromatic rings. The van der Waals surface area contributed by atoms with Gasteiger partial charge in [-0.05, 0) is 63.3 Å². The van der Waals surface area contributed by atoms with E-state index in [1.165, 1.54) is 6.42 Å². The van der Waals surface area contributed by atoms with E-state index in [1.807, 2.05) is 12.1 Å². The first-order chi connectivity index (χ1) is 9.57. The lowest BCUT2D eigenvalue weighted by Crippen LogP contribution is -2.46. The molecule has 2 atom stereocenters. The van der Waals surface area contributed by atoms with Crippen LogP contribution in [0.3, 0.4) is 0 Å². The maximum atomic E-state index is 13.9. The fourth-order valence-electron chi connectivity index (χ4n) is 2.95. The molecule has 2 rings (SSSR count). The van der Waals surface area contributed by atoms with Crippen LogP contribution in [0.25, 0.3) is 0 Å². The number of hydrogen-bond donors (Lipinski definition) is 1. The average Bonchev–Trinajstić information content (AvgIpc) is 2.43. The quantitative estimate of drug-likeness (QED) is 0.875. The Labute approximate surface area is 121 Å². The summed E-state index contributed by atoms with van der Waals surface area (Å²) in [7, 11) is 0. The Morgan fingerprint density at radius 3 is 2.80 bits per heavy atom. The standard InChI is InChI=1S/C17H26FNO/c1-4-10-19-16(17(3)9-5-6-11-20-17)14-8-7-13(2)15(18)12-14/h7-8,12,16,19H,4-6,9-11H2,1-3H3. The van der Waals surface area contributed by atoms with Crippen molar-refractivity contribution < 1.29 is 9.13 Å². The SMILES string of the molecule is CCCNC(c1ccc(C)c(F)c1)C1(C)CCCCO1. The summed E-state index contributed by atoms with van der Waals surface area (Å²) in [6.45, 7) is 7.81. The number of aryl methyl sites for hydroxylation is 1. The Morgan fingerprint density at radius 2 is 2.20 bits per heavy atom. The van der Waals surface area contributed by atoms with Crippen molar-refractivity contribution in [3.8, 4) is 0 Å². The molecule has 1 aliphatic heterocycles. The molecule has 1 N–H and O–H groups in total. The molecule has 0 bridgehead atoms. The highest BCUT2D eigenvalue weighted by Crippen LogP contribution is 2.37. The molecule has 0 amide bonds. The predicted octanol–water partition coefficient (Wildman–Crippen LogP) is 4.13. The predicted molar refractivity (Wildman–Crippen MR) is 80.4 cm³/mol. The van der Waals surface area contributed by atoms with Crippen LogP contribution in [0.1, 0.15) is 56.7 Å². The van der Waals surface area contributed by atoms with E-state index in [0.29, 0.717) is 5.56 Å². The van der Waals surface area contributed by atoms with Crippen LogP contribution >= 0.6 is 0 Å². The van der Waals surface area contributed by atoms with Crippen molar-refractivity contribution in [2.24, 2.45) is 0 Å². The second kappa shape index (κ2) is 6.68. The van der Waals surface area contributed by atoms with E-state index >= 15 is 0 Å². The summed E-state index contributed by atoms with van der Waals surface area (Å²) in [6.07, 6.45) is 4.37. The van der Waals surface area contributed by atoms with Gasteiger partial charge in [0.1, 0.15) is 5.82 Å². The van der Waals surface area contributed by atoms with Crippen LogP contribution in [-0.4, -0.2) is 18.8 Å². The normalized spacial score (nSPS) is 24.6. The second-order valence-electron chi connectivity index (χ2n) is 6.01. The van der Waals surface area contributed by atoms with Crippen molar-refractivity contribution >= 4 is 0 Å². The molecule has 2 nitrogen and oxygen atoms in total. The van der Waals surface area contributed by atoms with Gasteiger partial charge in [0.05, 0.1) is 11.6 Å². The molecule has 0 radical (unpaired) electrons. The van der Waals surface area contributed by atoms with Crippen LogP contribution in [0.5, 0.6) is 0 Å². The first kappa shape index (κ1) is 15.5. The fourth-order valence-corrected chi connectivity index (χ4v) is 2.95. The highest BCUT2D eigenvalue weighted by Gasteiger charge is 2.37. The van der Waals surface area contributed by atoms with Gasteiger partial charge in [-0.2, -0.15) is 0 Å². The van der Waals surface area contributed by atoms with Gasteiger partial charge in [-0.1, -0.05) is 19.1 Å². The lowest BCUT2D eigenvalue weighted by molar-refractivity contribution is -0.0898. The van der Waals surface area contributed by atoms with Gasteiger partial charge in [-0.15, -0.1) is 0 Å². The molecule has 0 aromatic heterocycles. The summed E-state index contributed by atoms with van der Waals surface area (Å²) >= 11 is 0. The van der Waals surface area contributed by atoms with Crippen molar-refractivity contribution in [1.82, 2.24) is 5.32 Å². The van der Waals surface area contributed by atoms with Gasteiger partial charge < -0.3 is 10.1 Å². The number of ether oxygens (including phenoxy) is 1. The molecule has 1 saturated heterocycles. The van der Waals surface area contributed by atoms with Gasteiger partial charge in [-0.25, -0.2) is 4.39 Å². The maximum Gasteiger partial charge on any atom is 0.126 e. The highest BCUT2D eigenvalue weighted by molar-refractivity contribution is 5.28. The zero-order valence-electron chi connectivity index (χ0n) is 12.8. The number of hydrogen-bond acceptors (Lipinski definition) is 2. The van der Waals surface area contributed by atoms with Gasteiger partial charge in [-0.3, -0.25) is 0 Å². The molecule has 1 aliphatic rings. The number of halogens is 1. The Hall–Kier alpha value is -0.930. The Balaban J connectivity index is 2.28. The zero-order chi connectivity index (χ0) is 14.6. The number of rotatable bonds is 5. The first-order valence-corrected chi connectivity index (χ1v) is 7.70. The summed E-state index contributed by atoms with van der Waals surface area (Å²) in [6, 6.07) is 5.59. The van der Waals surface area contributed by atoms with Crippen LogP contribution in [-0.2, 0) is 4.74 Å². The molecule has 0 saturated carbocycles. The van der Waals surface area contributed by atoms with E-state index in [2.05, 4.69) is 19.2 Å². The third-order valence-electron chi connectivity index (χ3n) is 4.24. The van der Waals surface area contributed by atoms with Crippen LogP contribution in [0.2, 0.25) is 0 Å². The monoisotopic (exact) mass is 279 g/mol. The third-order valence-corrected chi connectivity index (χ3v) is 4.24. The summed E-state index contributed by atoms with van der Waals surface area (Å²) in [5, 5.41) is 3.55. The van der Waals surface area contributed by atoms with Gasteiger partial charge in [0.2, 0.25) is 0 Å². The lowest BCUT2D eigenvalue weighted by atomic mass is 9.83. The average molecular weight is 279 g/mol. The minimum absolute atomic E-state index is 0.0536. The van der Waals surface area contributed by atoms with Crippen LogP contribution in [0, 0.1) is 12.7 Å². The summed E-state index contributed by atoms with van der Waals surface area (Å²) in [5.41, 5.74) is 1.44. The minimum Gasteiger partial charge on any atom is -0.373 e. The molecule has 1 heterocycles. The third kappa shape index (κ3) is 3.39. The number of nitrogens with one attached hydrogen (secondary N) is 1. The van der Waals surface area contributed by atoms with Gasteiger partial charge in [0.25, 0.3) is 0 Å². The zero-order valence-corrected chi connectivity index (χ0v) is 12.8. The van der Waals surface area contributed by atoms with E-state index in [4.69, 9.17) is 4.74 Å². The topological polar surface area (TPSA) is 21.3 Å². The minimum atomic E-state index is -0.241. The molecule has 2 unspecified atom stereocenters. The summed E-state index contributed by atoms with van der Waals surface area (Å²) in [5.74, 6) is -0.134.